The summed E-state index contributed by atoms with van der Waals surface area (Å²) in [7, 11) is 0. The third-order valence-electron chi connectivity index (χ3n) is 5.48. The number of nitrogens with one attached hydrogen (secondary N) is 1. The van der Waals surface area contributed by atoms with Gasteiger partial charge in [0.2, 0.25) is 5.91 Å². The van der Waals surface area contributed by atoms with Crippen LogP contribution in [0.4, 0.5) is 14.9 Å². The molecule has 0 aliphatic carbocycles. The molecule has 9 heteroatoms. The van der Waals surface area contributed by atoms with E-state index in [1.54, 1.807) is 12.1 Å². The van der Waals surface area contributed by atoms with Crippen molar-refractivity contribution in [3.8, 4) is 22.5 Å². The van der Waals surface area contributed by atoms with E-state index in [1.807, 2.05) is 53.1 Å². The molecule has 0 bridgehead atoms. The van der Waals surface area contributed by atoms with E-state index in [1.165, 1.54) is 17.9 Å². The quantitative estimate of drug-likeness (QED) is 0.507. The smallest absolute Gasteiger partial charge is 0.414 e. The lowest BCUT2D eigenvalue weighted by molar-refractivity contribution is -0.119. The molecule has 1 N–H and O–H groups in total. The maximum absolute atomic E-state index is 15.0. The summed E-state index contributed by atoms with van der Waals surface area (Å²) in [4.78, 5) is 24.6. The van der Waals surface area contributed by atoms with Crippen molar-refractivity contribution in [3.05, 3.63) is 72.7 Å². The second-order valence-electron chi connectivity index (χ2n) is 7.75. The monoisotopic (exact) mass is 445 g/mol. The lowest BCUT2D eigenvalue weighted by Gasteiger charge is -2.14. The highest BCUT2D eigenvalue weighted by Gasteiger charge is 2.32. The van der Waals surface area contributed by atoms with E-state index in [0.29, 0.717) is 22.6 Å². The Labute approximate surface area is 188 Å². The van der Waals surface area contributed by atoms with E-state index >= 15 is 0 Å². The molecule has 0 unspecified atom stereocenters. The molecule has 33 heavy (non-hydrogen) atoms. The normalized spacial score (nSPS) is 15.6. The van der Waals surface area contributed by atoms with Gasteiger partial charge in [-0.05, 0) is 35.9 Å². The second-order valence-corrected chi connectivity index (χ2v) is 7.75. The van der Waals surface area contributed by atoms with Gasteiger partial charge < -0.3 is 10.1 Å². The Bertz CT molecular complexity index is 1350. The fourth-order valence-corrected chi connectivity index (χ4v) is 3.84. The topological polar surface area (TPSA) is 88.8 Å². The van der Waals surface area contributed by atoms with Gasteiger partial charge in [0.15, 0.2) is 11.5 Å². The largest absolute Gasteiger partial charge is 0.442 e. The molecule has 3 heterocycles. The minimum Gasteiger partial charge on any atom is -0.442 e. The molecule has 0 spiro atoms. The molecular weight excluding hydrogens is 425 g/mol. The Morgan fingerprint density at radius 2 is 1.91 bits per heavy atom. The summed E-state index contributed by atoms with van der Waals surface area (Å²) >= 11 is 0. The van der Waals surface area contributed by atoms with Crippen LogP contribution in [-0.2, 0) is 9.53 Å². The van der Waals surface area contributed by atoms with Crippen LogP contribution in [-0.4, -0.2) is 45.8 Å². The SMILES string of the molecule is CC(=O)NC[C@H]1CN(c2ccc(-c3ccc(-c4nnc5ccccn45)cc3)c(F)c2)C(=O)O1. The lowest BCUT2D eigenvalue weighted by atomic mass is 10.0. The first-order valence-corrected chi connectivity index (χ1v) is 10.4. The maximum atomic E-state index is 15.0. The van der Waals surface area contributed by atoms with Crippen molar-refractivity contribution in [2.45, 2.75) is 13.0 Å². The first-order valence-electron chi connectivity index (χ1n) is 10.4. The number of fused-ring (bicyclic) bond motifs is 1. The summed E-state index contributed by atoms with van der Waals surface area (Å²) in [5.41, 5.74) is 3.12. The first kappa shape index (κ1) is 20.6. The van der Waals surface area contributed by atoms with E-state index in [4.69, 9.17) is 4.74 Å². The second kappa shape index (κ2) is 8.34. The molecule has 1 atom stereocenters. The zero-order valence-corrected chi connectivity index (χ0v) is 17.7. The van der Waals surface area contributed by atoms with Gasteiger partial charge in [0.25, 0.3) is 0 Å². The van der Waals surface area contributed by atoms with Gasteiger partial charge >= 0.3 is 6.09 Å². The summed E-state index contributed by atoms with van der Waals surface area (Å²) < 4.78 is 22.1. The summed E-state index contributed by atoms with van der Waals surface area (Å²) in [6.45, 7) is 1.84. The molecule has 2 amide bonds. The van der Waals surface area contributed by atoms with Crippen LogP contribution in [0.15, 0.2) is 66.9 Å². The minimum atomic E-state index is -0.567. The Hall–Kier alpha value is -4.27. The van der Waals surface area contributed by atoms with Gasteiger partial charge in [0.05, 0.1) is 18.8 Å². The van der Waals surface area contributed by atoms with Gasteiger partial charge in [-0.1, -0.05) is 30.3 Å². The number of nitrogens with zero attached hydrogens (tertiary/aromatic N) is 4. The van der Waals surface area contributed by atoms with Gasteiger partial charge in [-0.25, -0.2) is 9.18 Å². The number of aromatic nitrogens is 3. The van der Waals surface area contributed by atoms with Crippen molar-refractivity contribution in [2.75, 3.05) is 18.0 Å². The van der Waals surface area contributed by atoms with Crippen LogP contribution in [0.2, 0.25) is 0 Å². The van der Waals surface area contributed by atoms with Crippen LogP contribution in [0.1, 0.15) is 6.92 Å². The Kier molecular flexibility index (Phi) is 5.21. The summed E-state index contributed by atoms with van der Waals surface area (Å²) in [6, 6.07) is 17.7. The van der Waals surface area contributed by atoms with Crippen molar-refractivity contribution < 1.29 is 18.7 Å². The van der Waals surface area contributed by atoms with Crippen molar-refractivity contribution in [3.63, 3.8) is 0 Å². The predicted molar refractivity (Wildman–Crippen MR) is 120 cm³/mol. The van der Waals surface area contributed by atoms with E-state index in [9.17, 15) is 14.0 Å². The van der Waals surface area contributed by atoms with Crippen LogP contribution in [0, 0.1) is 5.82 Å². The molecular formula is C24H20FN5O3. The summed E-state index contributed by atoms with van der Waals surface area (Å²) in [5, 5.41) is 11.0. The van der Waals surface area contributed by atoms with Crippen LogP contribution in [0.25, 0.3) is 28.2 Å². The van der Waals surface area contributed by atoms with E-state index in [-0.39, 0.29) is 19.0 Å². The summed E-state index contributed by atoms with van der Waals surface area (Å²) in [6.07, 6.45) is 0.841. The fourth-order valence-electron chi connectivity index (χ4n) is 3.84. The highest BCUT2D eigenvalue weighted by molar-refractivity contribution is 5.90. The molecule has 1 aliphatic heterocycles. The number of rotatable bonds is 5. The zero-order valence-electron chi connectivity index (χ0n) is 17.7. The molecule has 1 aliphatic rings. The number of halogens is 1. The van der Waals surface area contributed by atoms with E-state index in [0.717, 1.165) is 11.2 Å². The molecule has 166 valence electrons. The van der Waals surface area contributed by atoms with Crippen LogP contribution >= 0.6 is 0 Å². The van der Waals surface area contributed by atoms with Gasteiger partial charge in [-0.3, -0.25) is 14.1 Å². The highest BCUT2D eigenvalue weighted by Crippen LogP contribution is 2.30. The molecule has 1 fully saturated rings. The van der Waals surface area contributed by atoms with E-state index < -0.39 is 18.0 Å². The van der Waals surface area contributed by atoms with Crippen LogP contribution in [0.5, 0.6) is 0 Å². The third-order valence-corrected chi connectivity index (χ3v) is 5.48. The number of pyridine rings is 1. The highest BCUT2D eigenvalue weighted by atomic mass is 19.1. The van der Waals surface area contributed by atoms with Gasteiger partial charge in [0, 0.05) is 24.2 Å². The average molecular weight is 445 g/mol. The fraction of sp³-hybridized carbons (Fsp3) is 0.167. The standard InChI is InChI=1S/C24H20FN5O3/c1-15(31)26-13-19-14-30(24(32)33-19)18-9-10-20(21(25)12-18)16-5-7-17(8-6-16)23-28-27-22-4-2-3-11-29(22)23/h2-12,19H,13-14H2,1H3,(H,26,31)/t19-/m0/s1. The van der Waals surface area contributed by atoms with Crippen molar-refractivity contribution in [1.82, 2.24) is 19.9 Å². The molecule has 2 aromatic heterocycles. The van der Waals surface area contributed by atoms with Crippen molar-refractivity contribution in [1.29, 1.82) is 0 Å². The number of cyclic esters (lactones) is 1. The van der Waals surface area contributed by atoms with Gasteiger partial charge in [-0.2, -0.15) is 0 Å². The number of carbonyl (C=O) groups excluding carboxylic acids is 2. The number of benzene rings is 2. The number of hydrogen-bond acceptors (Lipinski definition) is 5. The molecule has 8 nitrogen and oxygen atoms in total. The Morgan fingerprint density at radius 1 is 1.12 bits per heavy atom. The molecule has 0 radical (unpaired) electrons. The average Bonchev–Trinajstić information content (AvgIpc) is 3.41. The first-order chi connectivity index (χ1) is 16.0. The maximum Gasteiger partial charge on any atom is 0.414 e. The van der Waals surface area contributed by atoms with Crippen molar-refractivity contribution >= 4 is 23.3 Å². The number of carbonyl (C=O) groups is 2. The van der Waals surface area contributed by atoms with E-state index in [2.05, 4.69) is 15.5 Å². The van der Waals surface area contributed by atoms with Crippen LogP contribution in [0.3, 0.4) is 0 Å². The Balaban J connectivity index is 1.35. The summed E-state index contributed by atoms with van der Waals surface area (Å²) in [5.74, 6) is 0.0451. The van der Waals surface area contributed by atoms with Crippen LogP contribution < -0.4 is 10.2 Å². The lowest BCUT2D eigenvalue weighted by Crippen LogP contribution is -2.33. The van der Waals surface area contributed by atoms with Gasteiger partial charge in [-0.15, -0.1) is 10.2 Å². The van der Waals surface area contributed by atoms with Crippen molar-refractivity contribution in [2.24, 2.45) is 0 Å². The number of ether oxygens (including phenoxy) is 1. The third kappa shape index (κ3) is 4.00. The minimum absolute atomic E-state index is 0.205. The Morgan fingerprint density at radius 3 is 2.67 bits per heavy atom. The molecule has 2 aromatic carbocycles. The molecule has 4 aromatic rings. The predicted octanol–water partition coefficient (Wildman–Crippen LogP) is 3.66. The molecule has 0 saturated carbocycles. The molecule has 5 rings (SSSR count). The number of anilines is 1. The zero-order chi connectivity index (χ0) is 22.9. The molecule has 1 saturated heterocycles. The van der Waals surface area contributed by atoms with Gasteiger partial charge in [0.1, 0.15) is 11.9 Å². The number of amides is 2. The number of hydrogen-bond donors (Lipinski definition) is 1.